The van der Waals surface area contributed by atoms with Gasteiger partial charge in [-0.2, -0.15) is 0 Å². The van der Waals surface area contributed by atoms with Crippen LogP contribution in [-0.2, 0) is 14.6 Å². The number of aromatic nitrogens is 3. The molecule has 0 atom stereocenters. The molecule has 1 fully saturated rings. The second-order valence-electron chi connectivity index (χ2n) is 14.2. The summed E-state index contributed by atoms with van der Waals surface area (Å²) < 4.78 is 105. The maximum absolute atomic E-state index is 17.2. The van der Waals surface area contributed by atoms with Crippen LogP contribution in [0.1, 0.15) is 59.9 Å². The van der Waals surface area contributed by atoms with E-state index in [0.717, 1.165) is 6.26 Å². The SMILES string of the molecule is COCOc1cc(-c2nc(OC)c3c(N4CCCC(F)(F)C4)nc(S(C)(=O)=O)nc3c2F)c2c(C#C[Si](C(C)C)(C(C)C)C(C)C)c(F)ccc2c1. The van der Waals surface area contributed by atoms with E-state index in [2.05, 4.69) is 68.0 Å². The first kappa shape index (κ1) is 39.2. The highest BCUT2D eigenvalue weighted by atomic mass is 32.2. The van der Waals surface area contributed by atoms with Crippen molar-refractivity contribution in [1.29, 1.82) is 0 Å². The quantitative estimate of drug-likeness (QED) is 0.0519. The number of sulfone groups is 1. The van der Waals surface area contributed by atoms with Gasteiger partial charge in [0.2, 0.25) is 20.9 Å². The molecule has 0 spiro atoms. The molecule has 3 heterocycles. The van der Waals surface area contributed by atoms with Gasteiger partial charge in [0.05, 0.1) is 19.2 Å². The third-order valence-corrected chi connectivity index (χ3v) is 17.0. The van der Waals surface area contributed by atoms with Crippen LogP contribution in [0.5, 0.6) is 11.6 Å². The summed E-state index contributed by atoms with van der Waals surface area (Å²) in [5, 5.41) is -0.259. The third-order valence-electron chi connectivity index (χ3n) is 9.84. The smallest absolute Gasteiger partial charge is 0.265 e. The molecule has 5 rings (SSSR count). The minimum Gasteiger partial charge on any atom is -0.480 e. The predicted molar refractivity (Wildman–Crippen MR) is 197 cm³/mol. The van der Waals surface area contributed by atoms with E-state index in [-0.39, 0.29) is 87.8 Å². The Labute approximate surface area is 303 Å². The van der Waals surface area contributed by atoms with Crippen molar-refractivity contribution in [2.24, 2.45) is 0 Å². The Bertz CT molecular complexity index is 2170. The van der Waals surface area contributed by atoms with Crippen LogP contribution < -0.4 is 14.4 Å². The van der Waals surface area contributed by atoms with E-state index in [1.165, 1.54) is 37.3 Å². The zero-order chi connectivity index (χ0) is 38.3. The van der Waals surface area contributed by atoms with Gasteiger partial charge in [-0.1, -0.05) is 53.5 Å². The number of halogens is 4. The molecule has 280 valence electrons. The summed E-state index contributed by atoms with van der Waals surface area (Å²) in [7, 11) is -3.86. The fraction of sp³-hybridized carbons (Fsp3) is 0.486. The van der Waals surface area contributed by atoms with Crippen molar-refractivity contribution in [3.63, 3.8) is 0 Å². The van der Waals surface area contributed by atoms with Gasteiger partial charge in [0.15, 0.2) is 12.6 Å². The number of nitrogens with zero attached hydrogens (tertiary/aromatic N) is 4. The highest BCUT2D eigenvalue weighted by Gasteiger charge is 2.42. The van der Waals surface area contributed by atoms with Gasteiger partial charge in [-0.3, -0.25) is 0 Å². The van der Waals surface area contributed by atoms with Gasteiger partial charge in [0.1, 0.15) is 42.1 Å². The standard InChI is InChI=1S/C37H44F4N4O5SSi/c1-21(2)52(22(3)4,23(5)6)16-13-26-28(38)12-11-24-17-25(50-20-48-7)18-27(29(24)26)32-31(39)33-30(35(42-32)49-8)34(44-36(43-33)51(9,46)47)45-15-10-14-37(40,41)19-45/h11-12,17-18,21-23H,10,14-15,19-20H2,1-9H3. The van der Waals surface area contributed by atoms with Gasteiger partial charge in [-0.05, 0) is 46.6 Å². The molecule has 0 bridgehead atoms. The molecule has 52 heavy (non-hydrogen) atoms. The normalized spacial score (nSPS) is 15.1. The highest BCUT2D eigenvalue weighted by molar-refractivity contribution is 7.90. The van der Waals surface area contributed by atoms with Crippen molar-refractivity contribution in [2.75, 3.05) is 45.3 Å². The number of methoxy groups -OCH3 is 2. The topological polar surface area (TPSA) is 104 Å². The van der Waals surface area contributed by atoms with Gasteiger partial charge in [-0.25, -0.2) is 40.9 Å². The largest absolute Gasteiger partial charge is 0.480 e. The van der Waals surface area contributed by atoms with Gasteiger partial charge in [0, 0.05) is 37.3 Å². The highest BCUT2D eigenvalue weighted by Crippen LogP contribution is 2.44. The zero-order valence-corrected chi connectivity index (χ0v) is 32.6. The molecular weight excluding hydrogens is 717 g/mol. The third kappa shape index (κ3) is 7.29. The molecule has 1 saturated heterocycles. The summed E-state index contributed by atoms with van der Waals surface area (Å²) in [4.78, 5) is 13.9. The van der Waals surface area contributed by atoms with Crippen molar-refractivity contribution in [2.45, 2.75) is 82.1 Å². The van der Waals surface area contributed by atoms with E-state index in [0.29, 0.717) is 5.39 Å². The van der Waals surface area contributed by atoms with Crippen LogP contribution >= 0.6 is 0 Å². The summed E-state index contributed by atoms with van der Waals surface area (Å²) in [6, 6.07) is 5.92. The first-order chi connectivity index (χ1) is 24.4. The van der Waals surface area contributed by atoms with Crippen LogP contribution in [0.25, 0.3) is 32.9 Å². The first-order valence-electron chi connectivity index (χ1n) is 17.1. The minimum atomic E-state index is -4.17. The van der Waals surface area contributed by atoms with Crippen LogP contribution in [0.3, 0.4) is 0 Å². The number of anilines is 1. The molecule has 0 aliphatic carbocycles. The average Bonchev–Trinajstić information content (AvgIpc) is 3.06. The Morgan fingerprint density at radius 2 is 1.65 bits per heavy atom. The molecule has 2 aromatic heterocycles. The average molecular weight is 761 g/mol. The monoisotopic (exact) mass is 760 g/mol. The number of alkyl halides is 2. The number of fused-ring (bicyclic) bond motifs is 2. The second-order valence-corrected chi connectivity index (χ2v) is 21.7. The molecule has 2 aromatic carbocycles. The number of ether oxygens (including phenoxy) is 3. The lowest BCUT2D eigenvalue weighted by molar-refractivity contribution is -0.0118. The predicted octanol–water partition coefficient (Wildman–Crippen LogP) is 8.32. The van der Waals surface area contributed by atoms with Gasteiger partial charge in [0.25, 0.3) is 5.92 Å². The van der Waals surface area contributed by atoms with Crippen molar-refractivity contribution in [3.05, 3.63) is 41.5 Å². The Morgan fingerprint density at radius 1 is 0.981 bits per heavy atom. The summed E-state index contributed by atoms with van der Waals surface area (Å²) >= 11 is 0. The molecule has 0 saturated carbocycles. The molecule has 1 aliphatic rings. The molecular formula is C37H44F4N4O5SSi. The van der Waals surface area contributed by atoms with E-state index in [9.17, 15) is 17.2 Å². The number of benzene rings is 2. The van der Waals surface area contributed by atoms with Crippen molar-refractivity contribution in [3.8, 4) is 34.4 Å². The van der Waals surface area contributed by atoms with E-state index in [1.54, 1.807) is 6.07 Å². The summed E-state index contributed by atoms with van der Waals surface area (Å²) in [5.74, 6) is -1.91. The Balaban J connectivity index is 1.92. The van der Waals surface area contributed by atoms with Crippen LogP contribution in [0.2, 0.25) is 16.6 Å². The van der Waals surface area contributed by atoms with Gasteiger partial charge >= 0.3 is 0 Å². The van der Waals surface area contributed by atoms with Crippen LogP contribution in [0.15, 0.2) is 29.4 Å². The molecule has 4 aromatic rings. The lowest BCUT2D eigenvalue weighted by atomic mass is 9.95. The molecule has 15 heteroatoms. The van der Waals surface area contributed by atoms with E-state index >= 15 is 8.78 Å². The van der Waals surface area contributed by atoms with E-state index in [4.69, 9.17) is 14.2 Å². The number of pyridine rings is 1. The summed E-state index contributed by atoms with van der Waals surface area (Å²) in [6.45, 7) is 12.0. The Kier molecular flexibility index (Phi) is 11.2. The van der Waals surface area contributed by atoms with Crippen molar-refractivity contribution < 1.29 is 40.2 Å². The lowest BCUT2D eigenvalue weighted by Crippen LogP contribution is -2.43. The minimum absolute atomic E-state index is 0.0284. The second kappa shape index (κ2) is 14.8. The molecule has 0 N–H and O–H groups in total. The molecule has 0 unspecified atom stereocenters. The van der Waals surface area contributed by atoms with Crippen LogP contribution in [0, 0.1) is 23.1 Å². The van der Waals surface area contributed by atoms with Crippen LogP contribution in [0.4, 0.5) is 23.4 Å². The fourth-order valence-corrected chi connectivity index (χ4v) is 13.2. The van der Waals surface area contributed by atoms with Gasteiger partial charge < -0.3 is 19.1 Å². The lowest BCUT2D eigenvalue weighted by Gasteiger charge is -2.38. The fourth-order valence-electron chi connectivity index (χ4n) is 7.51. The van der Waals surface area contributed by atoms with Crippen LogP contribution in [-0.4, -0.2) is 77.7 Å². The van der Waals surface area contributed by atoms with Crippen molar-refractivity contribution in [1.82, 2.24) is 15.0 Å². The molecule has 0 amide bonds. The van der Waals surface area contributed by atoms with Gasteiger partial charge in [-0.15, -0.1) is 5.54 Å². The number of hydrogen-bond donors (Lipinski definition) is 0. The van der Waals surface area contributed by atoms with E-state index < -0.39 is 52.7 Å². The Hall–Kier alpha value is -4.00. The molecule has 9 nitrogen and oxygen atoms in total. The number of piperidine rings is 1. The number of rotatable bonds is 10. The summed E-state index contributed by atoms with van der Waals surface area (Å²) in [6.07, 6.45) is 0.546. The van der Waals surface area contributed by atoms with Crippen molar-refractivity contribution >= 4 is 45.4 Å². The molecule has 0 radical (unpaired) electrons. The maximum atomic E-state index is 17.2. The first-order valence-corrected chi connectivity index (χ1v) is 21.2. The Morgan fingerprint density at radius 3 is 2.23 bits per heavy atom. The van der Waals surface area contributed by atoms with E-state index in [1.807, 2.05) is 0 Å². The molecule has 1 aliphatic heterocycles. The zero-order valence-electron chi connectivity index (χ0n) is 30.8. The summed E-state index contributed by atoms with van der Waals surface area (Å²) in [5.41, 5.74) is 3.47. The maximum Gasteiger partial charge on any atom is 0.265 e. The number of hydrogen-bond acceptors (Lipinski definition) is 9.